The number of carbonyl (C=O) groups is 1. The summed E-state index contributed by atoms with van der Waals surface area (Å²) in [7, 11) is 0. The van der Waals surface area contributed by atoms with Gasteiger partial charge in [-0.2, -0.15) is 5.10 Å². The van der Waals surface area contributed by atoms with Gasteiger partial charge in [-0.1, -0.05) is 11.6 Å². The van der Waals surface area contributed by atoms with Gasteiger partial charge in [0.1, 0.15) is 5.36 Å². The van der Waals surface area contributed by atoms with E-state index in [0.717, 1.165) is 15.1 Å². The first-order chi connectivity index (χ1) is 10.0. The number of aromatic nitrogens is 1. The van der Waals surface area contributed by atoms with Gasteiger partial charge in [0.2, 0.25) is 5.43 Å². The molecular weight excluding hydrogens is 312 g/mol. The topological polar surface area (TPSA) is 100 Å². The van der Waals surface area contributed by atoms with Crippen molar-refractivity contribution in [2.24, 2.45) is 10.8 Å². The van der Waals surface area contributed by atoms with Gasteiger partial charge in [0, 0.05) is 11.1 Å². The Balaban J connectivity index is 2.27. The molecule has 0 aromatic heterocycles. The molecule has 1 aliphatic carbocycles. The highest BCUT2D eigenvalue weighted by atomic mass is 35.5. The third-order valence-corrected chi connectivity index (χ3v) is 4.15. The van der Waals surface area contributed by atoms with Gasteiger partial charge >= 0.3 is 6.03 Å². The zero-order valence-electron chi connectivity index (χ0n) is 10.5. The number of hydrogen-bond acceptors (Lipinski definition) is 4. The van der Waals surface area contributed by atoms with E-state index in [1.54, 1.807) is 18.2 Å². The van der Waals surface area contributed by atoms with Gasteiger partial charge in [0.15, 0.2) is 0 Å². The van der Waals surface area contributed by atoms with Gasteiger partial charge in [-0.15, -0.1) is 11.3 Å². The van der Waals surface area contributed by atoms with Crippen molar-refractivity contribution < 1.29 is 4.79 Å². The number of nitrogens with one attached hydrogen (secondary N) is 2. The molecule has 4 N–H and O–H groups in total. The van der Waals surface area contributed by atoms with Crippen LogP contribution in [0.1, 0.15) is 0 Å². The van der Waals surface area contributed by atoms with E-state index in [1.165, 1.54) is 17.4 Å². The summed E-state index contributed by atoms with van der Waals surface area (Å²) < 4.78 is 0.986. The summed E-state index contributed by atoms with van der Waals surface area (Å²) in [6, 6.07) is 7.68. The van der Waals surface area contributed by atoms with Crippen LogP contribution in [0.15, 0.2) is 40.2 Å². The van der Waals surface area contributed by atoms with E-state index in [9.17, 15) is 9.59 Å². The van der Waals surface area contributed by atoms with Crippen molar-refractivity contribution in [3.8, 4) is 10.6 Å². The summed E-state index contributed by atoms with van der Waals surface area (Å²) in [5, 5.41) is 4.42. The number of carbonyl (C=O) groups excluding carboxylic acids is 1. The summed E-state index contributed by atoms with van der Waals surface area (Å²) in [6.07, 6.45) is 0. The maximum absolute atomic E-state index is 11.9. The standard InChI is InChI=1S/C13H9ClN4O2S/c14-6-1-2-11-8(3-6)16-9-4-10(19)7(5-12(9)21-11)17-18-13(15)20/h1-5,16H,(H3,15,18,20)/b17-7-. The van der Waals surface area contributed by atoms with Crippen molar-refractivity contribution in [1.82, 2.24) is 10.4 Å². The second-order valence-electron chi connectivity index (χ2n) is 4.27. The fraction of sp³-hybridized carbons (Fsp3) is 0. The van der Waals surface area contributed by atoms with Crippen LogP contribution < -0.4 is 21.9 Å². The molecule has 1 aromatic rings. The average molecular weight is 321 g/mol. The number of aromatic amines is 1. The zero-order chi connectivity index (χ0) is 15.0. The van der Waals surface area contributed by atoms with Crippen LogP contribution in [0.3, 0.4) is 0 Å². The first-order valence-electron chi connectivity index (χ1n) is 5.88. The number of rotatable bonds is 1. The second-order valence-corrected chi connectivity index (χ2v) is 5.79. The average Bonchev–Trinajstić information content (AvgIpc) is 2.43. The fourth-order valence-corrected chi connectivity index (χ4v) is 3.04. The lowest BCUT2D eigenvalue weighted by Gasteiger charge is -2.07. The Labute approximate surface area is 127 Å². The molecule has 0 spiro atoms. The van der Waals surface area contributed by atoms with E-state index in [-0.39, 0.29) is 10.8 Å². The Kier molecular flexibility index (Phi) is 3.36. The molecule has 0 saturated carbocycles. The molecule has 0 unspecified atom stereocenters. The Hall–Kier alpha value is -2.38. The molecule has 0 saturated heterocycles. The predicted molar refractivity (Wildman–Crippen MR) is 82.4 cm³/mol. The molecule has 106 valence electrons. The lowest BCUT2D eigenvalue weighted by molar-refractivity contribution is 0.249. The van der Waals surface area contributed by atoms with Crippen molar-refractivity contribution in [1.29, 1.82) is 0 Å². The third-order valence-electron chi connectivity index (χ3n) is 2.78. The highest BCUT2D eigenvalue weighted by Crippen LogP contribution is 2.29. The molecule has 0 atom stereocenters. The Bertz CT molecular complexity index is 947. The minimum Gasteiger partial charge on any atom is -0.353 e. The van der Waals surface area contributed by atoms with Gasteiger partial charge < -0.3 is 10.7 Å². The fourth-order valence-electron chi connectivity index (χ4n) is 1.89. The van der Waals surface area contributed by atoms with Crippen LogP contribution in [0, 0.1) is 0 Å². The third kappa shape index (κ3) is 2.74. The lowest BCUT2D eigenvalue weighted by Crippen LogP contribution is -2.32. The maximum atomic E-state index is 11.9. The van der Waals surface area contributed by atoms with Crippen LogP contribution in [0.5, 0.6) is 0 Å². The van der Waals surface area contributed by atoms with Gasteiger partial charge in [-0.05, 0) is 24.3 Å². The second kappa shape index (κ2) is 5.19. The quantitative estimate of drug-likeness (QED) is 0.470. The summed E-state index contributed by atoms with van der Waals surface area (Å²) in [4.78, 5) is 26.6. The molecule has 3 rings (SSSR count). The molecule has 1 aliphatic heterocycles. The zero-order valence-corrected chi connectivity index (χ0v) is 12.1. The Morgan fingerprint density at radius 3 is 2.90 bits per heavy atom. The number of halogens is 1. The number of nitrogens with two attached hydrogens (primary N) is 1. The number of H-pyrrole nitrogens is 1. The Morgan fingerprint density at radius 2 is 2.14 bits per heavy atom. The number of fused-ring (bicyclic) bond motifs is 2. The largest absolute Gasteiger partial charge is 0.353 e. The molecule has 21 heavy (non-hydrogen) atoms. The van der Waals surface area contributed by atoms with Crippen LogP contribution in [0.4, 0.5) is 4.79 Å². The smallest absolute Gasteiger partial charge is 0.332 e. The van der Waals surface area contributed by atoms with Gasteiger partial charge in [-0.25, -0.2) is 10.2 Å². The first-order valence-corrected chi connectivity index (χ1v) is 7.08. The van der Waals surface area contributed by atoms with E-state index in [4.69, 9.17) is 17.3 Å². The molecule has 1 heterocycles. The van der Waals surface area contributed by atoms with E-state index in [0.29, 0.717) is 10.7 Å². The highest BCUT2D eigenvalue weighted by molar-refractivity contribution is 7.21. The number of urea groups is 1. The van der Waals surface area contributed by atoms with E-state index in [2.05, 4.69) is 15.5 Å². The first kappa shape index (κ1) is 13.6. The molecule has 0 bridgehead atoms. The number of nitrogens with zero attached hydrogens (tertiary/aromatic N) is 1. The van der Waals surface area contributed by atoms with Crippen LogP contribution >= 0.6 is 22.9 Å². The number of benzene rings is 2. The number of primary amides is 1. The number of amides is 2. The van der Waals surface area contributed by atoms with Crippen LogP contribution in [0.2, 0.25) is 5.02 Å². The molecule has 0 radical (unpaired) electrons. The molecule has 2 amide bonds. The van der Waals surface area contributed by atoms with Crippen molar-refractivity contribution in [2.45, 2.75) is 0 Å². The highest BCUT2D eigenvalue weighted by Gasteiger charge is 2.08. The van der Waals surface area contributed by atoms with E-state index < -0.39 is 6.03 Å². The molecular formula is C13H9ClN4O2S. The van der Waals surface area contributed by atoms with Gasteiger partial charge in [0.25, 0.3) is 0 Å². The van der Waals surface area contributed by atoms with Gasteiger partial charge in [-0.3, -0.25) is 4.79 Å². The molecule has 6 nitrogen and oxygen atoms in total. The minimum atomic E-state index is -0.821. The SMILES string of the molecule is NC(=O)N/N=c1/cc2sc3ccc(Cl)cc3[nH]c-2cc1=O. The van der Waals surface area contributed by atoms with Crippen LogP contribution in [-0.2, 0) is 0 Å². The monoisotopic (exact) mass is 320 g/mol. The van der Waals surface area contributed by atoms with E-state index in [1.807, 2.05) is 6.07 Å². The van der Waals surface area contributed by atoms with Gasteiger partial charge in [0.05, 0.1) is 20.8 Å². The molecule has 2 aliphatic rings. The minimum absolute atomic E-state index is 0.124. The summed E-state index contributed by atoms with van der Waals surface area (Å²) in [5.41, 5.74) is 8.19. The van der Waals surface area contributed by atoms with Crippen molar-refractivity contribution in [3.05, 3.63) is 50.9 Å². The maximum Gasteiger partial charge on any atom is 0.332 e. The Morgan fingerprint density at radius 1 is 1.33 bits per heavy atom. The van der Waals surface area contributed by atoms with Crippen LogP contribution in [0.25, 0.3) is 20.8 Å². The van der Waals surface area contributed by atoms with E-state index >= 15 is 0 Å². The predicted octanol–water partition coefficient (Wildman–Crippen LogP) is 1.83. The normalized spacial score (nSPS) is 12.0. The van der Waals surface area contributed by atoms with Crippen molar-refractivity contribution >= 4 is 39.2 Å². The van der Waals surface area contributed by atoms with Crippen LogP contribution in [-0.4, -0.2) is 11.0 Å². The lowest BCUT2D eigenvalue weighted by atomic mass is 10.2. The summed E-state index contributed by atoms with van der Waals surface area (Å²) in [5.74, 6) is 0. The molecule has 8 heteroatoms. The van der Waals surface area contributed by atoms with Crippen molar-refractivity contribution in [2.75, 3.05) is 0 Å². The summed E-state index contributed by atoms with van der Waals surface area (Å²) in [6.45, 7) is 0. The summed E-state index contributed by atoms with van der Waals surface area (Å²) >= 11 is 7.44. The molecule has 1 aromatic carbocycles. The molecule has 0 fully saturated rings. The number of hydrogen-bond donors (Lipinski definition) is 3. The van der Waals surface area contributed by atoms with Crippen molar-refractivity contribution in [3.63, 3.8) is 0 Å².